The monoisotopic (exact) mass is 269 g/mol. The van der Waals surface area contributed by atoms with Crippen LogP contribution in [0.1, 0.15) is 17.4 Å². The Bertz CT molecular complexity index is 710. The highest BCUT2D eigenvalue weighted by Gasteiger charge is 2.11. The molecule has 0 spiro atoms. The summed E-state index contributed by atoms with van der Waals surface area (Å²) in [6.07, 6.45) is 0. The molecule has 102 valence electrons. The van der Waals surface area contributed by atoms with Crippen LogP contribution in [0.4, 0.5) is 5.82 Å². The molecule has 2 aromatic heterocycles. The van der Waals surface area contributed by atoms with Gasteiger partial charge in [-0.2, -0.15) is 4.52 Å². The molecule has 1 unspecified atom stereocenters. The van der Waals surface area contributed by atoms with E-state index in [1.165, 1.54) is 0 Å². The number of benzene rings is 1. The van der Waals surface area contributed by atoms with Crippen molar-refractivity contribution in [2.45, 2.75) is 13.0 Å². The summed E-state index contributed by atoms with van der Waals surface area (Å²) in [6, 6.07) is 13.2. The van der Waals surface area contributed by atoms with Gasteiger partial charge in [0.15, 0.2) is 11.5 Å². The maximum absolute atomic E-state index is 9.55. The van der Waals surface area contributed by atoms with Crippen LogP contribution in [0.5, 0.6) is 0 Å². The Morgan fingerprint density at radius 1 is 1.15 bits per heavy atom. The number of nitrogens with zero attached hydrogens (tertiary/aromatic N) is 4. The second kappa shape index (κ2) is 5.26. The van der Waals surface area contributed by atoms with Crippen LogP contribution in [0.25, 0.3) is 5.65 Å². The topological polar surface area (TPSA) is 75.3 Å². The Morgan fingerprint density at radius 2 is 1.95 bits per heavy atom. The fraction of sp³-hybridized carbons (Fsp3) is 0.214. The molecule has 6 nitrogen and oxygen atoms in total. The zero-order valence-corrected chi connectivity index (χ0v) is 11.1. The number of aliphatic hydroxyl groups excluding tert-OH is 1. The standard InChI is InChI=1S/C14H15N5O/c1-10-16-17-14-8-7-13(18-19(10)14)15-12(9-20)11-5-3-2-4-6-11/h2-8,12,20H,9H2,1H3,(H,15,18). The highest BCUT2D eigenvalue weighted by molar-refractivity contribution is 5.45. The number of aliphatic hydroxyl groups is 1. The largest absolute Gasteiger partial charge is 0.394 e. The Hall–Kier alpha value is -2.47. The van der Waals surface area contributed by atoms with Crippen LogP contribution in [0.3, 0.4) is 0 Å². The lowest BCUT2D eigenvalue weighted by molar-refractivity contribution is 0.276. The molecule has 0 saturated carbocycles. The van der Waals surface area contributed by atoms with Crippen LogP contribution in [0, 0.1) is 6.92 Å². The van der Waals surface area contributed by atoms with E-state index in [0.29, 0.717) is 11.5 Å². The van der Waals surface area contributed by atoms with Gasteiger partial charge in [-0.3, -0.25) is 0 Å². The first kappa shape index (κ1) is 12.6. The SMILES string of the molecule is Cc1nnc2ccc(NC(CO)c3ccccc3)nn12. The second-order valence-corrected chi connectivity index (χ2v) is 4.53. The molecule has 0 aliphatic rings. The van der Waals surface area contributed by atoms with Gasteiger partial charge < -0.3 is 10.4 Å². The van der Waals surface area contributed by atoms with Crippen molar-refractivity contribution in [1.29, 1.82) is 0 Å². The van der Waals surface area contributed by atoms with Gasteiger partial charge in [0.05, 0.1) is 12.6 Å². The number of hydrogen-bond donors (Lipinski definition) is 2. The summed E-state index contributed by atoms with van der Waals surface area (Å²) in [4.78, 5) is 0. The third-order valence-electron chi connectivity index (χ3n) is 3.13. The Kier molecular flexibility index (Phi) is 3.30. The maximum atomic E-state index is 9.55. The molecule has 1 atom stereocenters. The third-order valence-corrected chi connectivity index (χ3v) is 3.13. The van der Waals surface area contributed by atoms with E-state index < -0.39 is 0 Å². The molecule has 1 aromatic carbocycles. The first-order valence-corrected chi connectivity index (χ1v) is 6.39. The lowest BCUT2D eigenvalue weighted by Gasteiger charge is -2.17. The highest BCUT2D eigenvalue weighted by atomic mass is 16.3. The van der Waals surface area contributed by atoms with Crippen LogP contribution in [-0.2, 0) is 0 Å². The average molecular weight is 269 g/mol. The number of aryl methyl sites for hydroxylation is 1. The first-order valence-electron chi connectivity index (χ1n) is 6.39. The minimum absolute atomic E-state index is 0.00904. The van der Waals surface area contributed by atoms with E-state index in [4.69, 9.17) is 0 Å². The molecule has 0 radical (unpaired) electrons. The van der Waals surface area contributed by atoms with Gasteiger partial charge in [-0.1, -0.05) is 30.3 Å². The summed E-state index contributed by atoms with van der Waals surface area (Å²) in [6.45, 7) is 1.84. The van der Waals surface area contributed by atoms with Gasteiger partial charge in [0, 0.05) is 0 Å². The van der Waals surface area contributed by atoms with Gasteiger partial charge in [-0.25, -0.2) is 0 Å². The van der Waals surface area contributed by atoms with Gasteiger partial charge in [0.2, 0.25) is 0 Å². The minimum Gasteiger partial charge on any atom is -0.394 e. The van der Waals surface area contributed by atoms with Crippen molar-refractivity contribution in [1.82, 2.24) is 19.8 Å². The van der Waals surface area contributed by atoms with Gasteiger partial charge in [0.25, 0.3) is 0 Å². The van der Waals surface area contributed by atoms with Crippen LogP contribution in [-0.4, -0.2) is 31.5 Å². The molecule has 2 N–H and O–H groups in total. The average Bonchev–Trinajstić information content (AvgIpc) is 2.87. The quantitative estimate of drug-likeness (QED) is 0.752. The van der Waals surface area contributed by atoms with Crippen molar-refractivity contribution in [3.05, 3.63) is 53.9 Å². The molecule has 3 aromatic rings. The van der Waals surface area contributed by atoms with E-state index in [-0.39, 0.29) is 12.6 Å². The highest BCUT2D eigenvalue weighted by Crippen LogP contribution is 2.17. The normalized spacial score (nSPS) is 12.5. The van der Waals surface area contributed by atoms with E-state index in [1.54, 1.807) is 4.52 Å². The summed E-state index contributed by atoms with van der Waals surface area (Å²) in [5, 5.41) is 25.1. The Labute approximate surface area is 116 Å². The molecule has 0 aliphatic heterocycles. The van der Waals surface area contributed by atoms with E-state index in [2.05, 4.69) is 20.6 Å². The Balaban J connectivity index is 1.89. The van der Waals surface area contributed by atoms with Crippen molar-refractivity contribution in [3.8, 4) is 0 Å². The number of fused-ring (bicyclic) bond motifs is 1. The number of aromatic nitrogens is 4. The molecule has 0 amide bonds. The van der Waals surface area contributed by atoms with E-state index in [1.807, 2.05) is 49.4 Å². The predicted molar refractivity (Wildman–Crippen MR) is 75.4 cm³/mol. The lowest BCUT2D eigenvalue weighted by Crippen LogP contribution is -2.16. The second-order valence-electron chi connectivity index (χ2n) is 4.53. The van der Waals surface area contributed by atoms with Crippen LogP contribution >= 0.6 is 0 Å². The summed E-state index contributed by atoms with van der Waals surface area (Å²) in [5.74, 6) is 1.40. The summed E-state index contributed by atoms with van der Waals surface area (Å²) >= 11 is 0. The minimum atomic E-state index is -0.196. The summed E-state index contributed by atoms with van der Waals surface area (Å²) in [5.41, 5.74) is 1.71. The van der Waals surface area contributed by atoms with Crippen molar-refractivity contribution < 1.29 is 5.11 Å². The number of hydrogen-bond acceptors (Lipinski definition) is 5. The predicted octanol–water partition coefficient (Wildman–Crippen LogP) is 1.58. The molecule has 6 heteroatoms. The lowest BCUT2D eigenvalue weighted by atomic mass is 10.1. The van der Waals surface area contributed by atoms with Gasteiger partial charge in [-0.05, 0) is 24.6 Å². The smallest absolute Gasteiger partial charge is 0.178 e. The third kappa shape index (κ3) is 2.33. The molecule has 0 saturated heterocycles. The molecular formula is C14H15N5O. The first-order chi connectivity index (χ1) is 9.78. The molecule has 0 bridgehead atoms. The summed E-state index contributed by atoms with van der Waals surface area (Å²) in [7, 11) is 0. The van der Waals surface area contributed by atoms with Crippen LogP contribution < -0.4 is 5.32 Å². The van der Waals surface area contributed by atoms with Crippen LogP contribution in [0.2, 0.25) is 0 Å². The van der Waals surface area contributed by atoms with Gasteiger partial charge in [0.1, 0.15) is 5.82 Å². The van der Waals surface area contributed by atoms with Crippen LogP contribution in [0.15, 0.2) is 42.5 Å². The Morgan fingerprint density at radius 3 is 2.70 bits per heavy atom. The van der Waals surface area contributed by atoms with Crippen molar-refractivity contribution in [3.63, 3.8) is 0 Å². The maximum Gasteiger partial charge on any atom is 0.178 e. The van der Waals surface area contributed by atoms with Crippen molar-refractivity contribution in [2.24, 2.45) is 0 Å². The zero-order chi connectivity index (χ0) is 13.9. The molecule has 0 aliphatic carbocycles. The van der Waals surface area contributed by atoms with Crippen molar-refractivity contribution >= 4 is 11.5 Å². The molecule has 0 fully saturated rings. The van der Waals surface area contributed by atoms with E-state index >= 15 is 0 Å². The number of nitrogens with one attached hydrogen (secondary N) is 1. The molecule has 2 heterocycles. The molecule has 3 rings (SSSR count). The fourth-order valence-corrected chi connectivity index (χ4v) is 2.07. The summed E-state index contributed by atoms with van der Waals surface area (Å²) < 4.78 is 1.67. The van der Waals surface area contributed by atoms with E-state index in [0.717, 1.165) is 11.4 Å². The number of anilines is 1. The fourth-order valence-electron chi connectivity index (χ4n) is 2.07. The van der Waals surface area contributed by atoms with Gasteiger partial charge >= 0.3 is 0 Å². The van der Waals surface area contributed by atoms with Gasteiger partial charge in [-0.15, -0.1) is 15.3 Å². The zero-order valence-electron chi connectivity index (χ0n) is 11.1. The molecule has 20 heavy (non-hydrogen) atoms. The number of rotatable bonds is 4. The molecular weight excluding hydrogens is 254 g/mol. The van der Waals surface area contributed by atoms with Crippen molar-refractivity contribution in [2.75, 3.05) is 11.9 Å². The van der Waals surface area contributed by atoms with E-state index in [9.17, 15) is 5.11 Å².